The van der Waals surface area contributed by atoms with Gasteiger partial charge < -0.3 is 48.9 Å². The Morgan fingerprint density at radius 3 is 2.44 bits per heavy atom. The van der Waals surface area contributed by atoms with E-state index in [9.17, 15) is 29.8 Å². The van der Waals surface area contributed by atoms with Gasteiger partial charge in [0.1, 0.15) is 23.3 Å². The number of amides is 1. The summed E-state index contributed by atoms with van der Waals surface area (Å²) in [6.45, 7) is 6.48. The zero-order valence-electron chi connectivity index (χ0n) is 35.7. The van der Waals surface area contributed by atoms with Crippen LogP contribution < -0.4 is 9.64 Å². The van der Waals surface area contributed by atoms with Crippen LogP contribution >= 0.6 is 0 Å². The number of methoxy groups -OCH3 is 3. The maximum atomic E-state index is 15.3. The predicted molar refractivity (Wildman–Crippen MR) is 222 cm³/mol. The molecule has 3 fully saturated rings. The first-order valence-electron chi connectivity index (χ1n) is 21.4. The van der Waals surface area contributed by atoms with Crippen molar-refractivity contribution in [2.24, 2.45) is 11.3 Å². The Balaban J connectivity index is 1.38. The van der Waals surface area contributed by atoms with Gasteiger partial charge in [0.25, 0.3) is 0 Å². The second-order valence-electron chi connectivity index (χ2n) is 18.5. The molecule has 6 aliphatic rings. The molecule has 15 nitrogen and oxygen atoms in total. The van der Waals surface area contributed by atoms with E-state index in [2.05, 4.69) is 9.88 Å². The van der Waals surface area contributed by atoms with Crippen LogP contribution in [0.25, 0.3) is 10.9 Å². The van der Waals surface area contributed by atoms with E-state index in [0.717, 1.165) is 23.6 Å². The second kappa shape index (κ2) is 14.1. The van der Waals surface area contributed by atoms with Crippen LogP contribution in [0.3, 0.4) is 0 Å². The maximum Gasteiger partial charge on any atom is 0.344 e. The monoisotopic (exact) mass is 840 g/mol. The number of carbonyl (C=O) groups is 4. The fraction of sp³-hybridized carbons (Fsp3) is 0.565. The lowest BCUT2D eigenvalue weighted by atomic mass is 9.47. The van der Waals surface area contributed by atoms with Crippen molar-refractivity contribution < 1.29 is 53.0 Å². The van der Waals surface area contributed by atoms with Crippen molar-refractivity contribution in [1.82, 2.24) is 9.88 Å². The van der Waals surface area contributed by atoms with Gasteiger partial charge in [-0.2, -0.15) is 0 Å². The highest BCUT2D eigenvalue weighted by Crippen LogP contribution is 2.68. The first-order valence-corrected chi connectivity index (χ1v) is 21.4. The molecule has 9 rings (SSSR count). The highest BCUT2D eigenvalue weighted by atomic mass is 16.6. The van der Waals surface area contributed by atoms with Crippen molar-refractivity contribution in [3.63, 3.8) is 0 Å². The summed E-state index contributed by atoms with van der Waals surface area (Å²) in [5.41, 5.74) is -4.32. The third kappa shape index (κ3) is 5.39. The van der Waals surface area contributed by atoms with E-state index >= 15 is 4.79 Å². The van der Waals surface area contributed by atoms with Gasteiger partial charge in [0.15, 0.2) is 6.10 Å². The van der Waals surface area contributed by atoms with E-state index in [1.54, 1.807) is 6.07 Å². The number of carbonyl (C=O) groups excluding carboxylic acids is 4. The molecule has 15 heteroatoms. The molecule has 0 radical (unpaired) electrons. The number of para-hydroxylation sites is 1. The summed E-state index contributed by atoms with van der Waals surface area (Å²) >= 11 is 0. The number of hydroxylamine groups is 3. The largest absolute Gasteiger partial charge is 0.633 e. The van der Waals surface area contributed by atoms with Crippen LogP contribution in [0.1, 0.15) is 75.3 Å². The maximum absolute atomic E-state index is 15.3. The van der Waals surface area contributed by atoms with E-state index in [1.807, 2.05) is 56.3 Å². The molecule has 326 valence electrons. The first-order chi connectivity index (χ1) is 29.1. The predicted octanol–water partition coefficient (Wildman–Crippen LogP) is 3.53. The number of esters is 3. The molecule has 1 amide bonds. The molecule has 6 heterocycles. The van der Waals surface area contributed by atoms with E-state index < -0.39 is 74.1 Å². The number of anilines is 1. The molecule has 2 saturated heterocycles. The number of aromatic amines is 1. The number of hydrogen-bond donors (Lipinski definition) is 3. The number of nitrogens with one attached hydrogen (secondary N) is 1. The van der Waals surface area contributed by atoms with Crippen LogP contribution in [-0.4, -0.2) is 133 Å². The molecule has 10 atom stereocenters. The number of hydrogen-bond acceptors (Lipinski definition) is 12. The molecule has 1 unspecified atom stereocenters. The summed E-state index contributed by atoms with van der Waals surface area (Å²) in [5, 5.41) is 40.9. The smallest absolute Gasteiger partial charge is 0.344 e. The second-order valence-corrected chi connectivity index (χ2v) is 18.5. The van der Waals surface area contributed by atoms with Crippen molar-refractivity contribution in [3.8, 4) is 5.75 Å². The summed E-state index contributed by atoms with van der Waals surface area (Å²) in [6.07, 6.45) is 4.80. The zero-order valence-corrected chi connectivity index (χ0v) is 35.7. The third-order valence-corrected chi connectivity index (χ3v) is 15.7. The minimum atomic E-state index is -2.57. The van der Waals surface area contributed by atoms with Crippen molar-refractivity contribution in [1.29, 1.82) is 0 Å². The van der Waals surface area contributed by atoms with Gasteiger partial charge in [0.05, 0.1) is 46.1 Å². The molecule has 2 aromatic carbocycles. The third-order valence-electron chi connectivity index (χ3n) is 15.7. The highest BCUT2D eigenvalue weighted by molar-refractivity contribution is 5.96. The number of H-pyrrole nitrogens is 1. The lowest BCUT2D eigenvalue weighted by Gasteiger charge is -2.63. The Labute approximate surface area is 354 Å². The summed E-state index contributed by atoms with van der Waals surface area (Å²) in [6, 6.07) is 9.49. The fourth-order valence-electron chi connectivity index (χ4n) is 13.6. The lowest BCUT2D eigenvalue weighted by Crippen LogP contribution is -2.81. The molecule has 3 aromatic rings. The fourth-order valence-corrected chi connectivity index (χ4v) is 13.6. The Morgan fingerprint density at radius 2 is 1.77 bits per heavy atom. The average molecular weight is 841 g/mol. The number of aromatic nitrogens is 1. The number of quaternary nitrogens is 1. The number of ether oxygens (including phenoxy) is 4. The standard InChI is InChI=1S/C46H56N4O11/c1-7-42(55)22-28-23-45(40(53)59-5,36-30(14-19-50(57,24-28)25-42)29-12-9-10-13-33(29)47-36)32-20-31-34(21-35(32)58-4)49(26-51)38-44(31)16-18-48-17-11-15-43(8-2,37(44)48)39(61-27(3)52)46(38,56)41(54)60-6/h9-13,15,20-21,26,28,37-39,47,55-56H,7-8,14,16-19,22-25H2,1-6H3/t28-,37+,38-,39-,42+,43-,44-,45+,46+,50?/m1/s1. The van der Waals surface area contributed by atoms with Crippen LogP contribution in [0.4, 0.5) is 5.69 Å². The van der Waals surface area contributed by atoms with Gasteiger partial charge in [0, 0.05) is 70.9 Å². The number of fused-ring (bicyclic) bond motifs is 6. The van der Waals surface area contributed by atoms with Gasteiger partial charge in [-0.25, -0.2) is 4.79 Å². The van der Waals surface area contributed by atoms with Crippen LogP contribution in [-0.2, 0) is 50.6 Å². The normalized spacial score (nSPS) is 37.3. The molecule has 61 heavy (non-hydrogen) atoms. The van der Waals surface area contributed by atoms with E-state index in [-0.39, 0.29) is 38.2 Å². The Hall–Kier alpha value is -4.80. The average Bonchev–Trinajstić information content (AvgIpc) is 3.92. The van der Waals surface area contributed by atoms with Gasteiger partial charge in [-0.05, 0) is 61.9 Å². The number of piperidine rings is 1. The van der Waals surface area contributed by atoms with Gasteiger partial charge in [-0.1, -0.05) is 44.2 Å². The molecule has 1 aromatic heterocycles. The van der Waals surface area contributed by atoms with Gasteiger partial charge >= 0.3 is 17.9 Å². The van der Waals surface area contributed by atoms with Crippen LogP contribution in [0.15, 0.2) is 48.6 Å². The minimum Gasteiger partial charge on any atom is -0.633 e. The van der Waals surface area contributed by atoms with Crippen LogP contribution in [0.5, 0.6) is 5.75 Å². The molecule has 5 aliphatic heterocycles. The Kier molecular flexibility index (Phi) is 9.61. The minimum absolute atomic E-state index is 0.0411. The molecule has 2 bridgehead atoms. The summed E-state index contributed by atoms with van der Waals surface area (Å²) in [7, 11) is 3.97. The molecule has 1 aliphatic carbocycles. The van der Waals surface area contributed by atoms with Crippen LogP contribution in [0, 0.1) is 16.5 Å². The zero-order chi connectivity index (χ0) is 43.5. The van der Waals surface area contributed by atoms with E-state index in [1.165, 1.54) is 26.0 Å². The van der Waals surface area contributed by atoms with Gasteiger partial charge in [-0.3, -0.25) is 19.3 Å². The van der Waals surface area contributed by atoms with Crippen molar-refractivity contribution in [2.75, 3.05) is 59.0 Å². The molecule has 3 N–H and O–H groups in total. The van der Waals surface area contributed by atoms with Crippen LogP contribution in [0.2, 0.25) is 0 Å². The summed E-state index contributed by atoms with van der Waals surface area (Å²) in [4.78, 5) is 63.7. The molecular weight excluding hydrogens is 785 g/mol. The lowest BCUT2D eigenvalue weighted by molar-refractivity contribution is -0.896. The summed E-state index contributed by atoms with van der Waals surface area (Å²) in [5.74, 6) is -2.58. The highest BCUT2D eigenvalue weighted by Gasteiger charge is 2.81. The SMILES string of the molecule is CC[C@]1(O)C[C@@H]2C[C@](C(=O)OC)(c3cc4c(cc3OC)N(C=O)[C@H]3[C@@](O)(C(=O)OC)[C@H](OC(C)=O)[C@]5(CC)C=CCN6CC[C@]43[C@@H]65)c3[nH]c4ccccc4c3CC[N+]([O-])(C2)C1. The van der Waals surface area contributed by atoms with Crippen molar-refractivity contribution >= 4 is 40.9 Å². The Bertz CT molecular complexity index is 2370. The quantitative estimate of drug-likeness (QED) is 0.0749. The number of nitrogens with zero attached hydrogens (tertiary/aromatic N) is 3. The Morgan fingerprint density at radius 1 is 1.02 bits per heavy atom. The molecule has 1 saturated carbocycles. The number of benzene rings is 2. The van der Waals surface area contributed by atoms with Crippen molar-refractivity contribution in [3.05, 3.63) is 76.1 Å². The molecular formula is C46H56N4O11. The van der Waals surface area contributed by atoms with E-state index in [0.29, 0.717) is 67.7 Å². The number of aliphatic hydroxyl groups is 2. The first kappa shape index (κ1) is 41.5. The van der Waals surface area contributed by atoms with Gasteiger partial charge in [0.2, 0.25) is 12.0 Å². The summed E-state index contributed by atoms with van der Waals surface area (Å²) < 4.78 is 23.0. The van der Waals surface area contributed by atoms with E-state index in [4.69, 9.17) is 18.9 Å². The number of rotatable bonds is 8. The molecule has 1 spiro atoms. The van der Waals surface area contributed by atoms with Gasteiger partial charge in [-0.15, -0.1) is 0 Å². The topological polar surface area (TPSA) is 191 Å². The van der Waals surface area contributed by atoms with Crippen molar-refractivity contribution in [2.45, 2.75) is 99.5 Å².